The van der Waals surface area contributed by atoms with Crippen molar-refractivity contribution in [2.45, 2.75) is 26.2 Å². The number of ether oxygens (including phenoxy) is 1. The summed E-state index contributed by atoms with van der Waals surface area (Å²) in [5, 5.41) is 4.01. The fraction of sp³-hybridized carbons (Fsp3) is 0.333. The second-order valence-corrected chi connectivity index (χ2v) is 7.91. The van der Waals surface area contributed by atoms with Gasteiger partial charge in [0.15, 0.2) is 0 Å². The number of carbonyl (C=O) groups is 1. The molecular weight excluding hydrogens is 344 g/mol. The van der Waals surface area contributed by atoms with Crippen molar-refractivity contribution < 1.29 is 9.53 Å². The van der Waals surface area contributed by atoms with Crippen LogP contribution in [-0.4, -0.2) is 24.1 Å². The Morgan fingerprint density at radius 1 is 1.19 bits per heavy atom. The van der Waals surface area contributed by atoms with E-state index in [9.17, 15) is 4.79 Å². The normalized spacial score (nSPS) is 15.3. The zero-order chi connectivity index (χ0) is 17.9. The molecule has 1 aliphatic heterocycles. The summed E-state index contributed by atoms with van der Waals surface area (Å²) in [5.41, 5.74) is 4.19. The zero-order valence-corrected chi connectivity index (χ0v) is 15.6. The molecule has 4 rings (SSSR count). The number of benzene rings is 2. The molecule has 2 heterocycles. The molecule has 1 aromatic heterocycles. The Morgan fingerprint density at radius 2 is 1.96 bits per heavy atom. The van der Waals surface area contributed by atoms with Gasteiger partial charge in [-0.2, -0.15) is 0 Å². The Labute approximate surface area is 157 Å². The maximum Gasteiger partial charge on any atom is 0.224 e. The lowest BCUT2D eigenvalue weighted by Gasteiger charge is -2.21. The fourth-order valence-corrected chi connectivity index (χ4v) is 4.35. The van der Waals surface area contributed by atoms with Crippen LogP contribution in [0.15, 0.2) is 42.5 Å². The molecule has 3 aromatic rings. The number of hydrogen-bond donors (Lipinski definition) is 1. The summed E-state index contributed by atoms with van der Waals surface area (Å²) in [6, 6.07) is 14.3. The molecule has 0 radical (unpaired) electrons. The van der Waals surface area contributed by atoms with Crippen molar-refractivity contribution in [3.05, 3.63) is 48.0 Å². The summed E-state index contributed by atoms with van der Waals surface area (Å²) in [4.78, 5) is 16.9. The lowest BCUT2D eigenvalue weighted by atomic mass is 9.96. The number of amides is 1. The topological polar surface area (TPSA) is 51.2 Å². The lowest BCUT2D eigenvalue weighted by Crippen LogP contribution is -2.22. The van der Waals surface area contributed by atoms with Crippen LogP contribution in [-0.2, 0) is 9.53 Å². The third-order valence-corrected chi connectivity index (χ3v) is 5.84. The van der Waals surface area contributed by atoms with Gasteiger partial charge in [0.2, 0.25) is 5.91 Å². The third-order valence-electron chi connectivity index (χ3n) is 4.77. The van der Waals surface area contributed by atoms with Crippen molar-refractivity contribution >= 4 is 33.1 Å². The molecule has 0 aliphatic carbocycles. The van der Waals surface area contributed by atoms with E-state index in [-0.39, 0.29) is 5.91 Å². The van der Waals surface area contributed by atoms with Crippen molar-refractivity contribution in [1.29, 1.82) is 0 Å². The summed E-state index contributed by atoms with van der Waals surface area (Å²) in [6.07, 6.45) is 2.52. The van der Waals surface area contributed by atoms with Crippen molar-refractivity contribution in [3.63, 3.8) is 0 Å². The molecule has 1 N–H and O–H groups in total. The van der Waals surface area contributed by atoms with Crippen LogP contribution in [0.1, 0.15) is 24.8 Å². The first-order valence-corrected chi connectivity index (χ1v) is 9.84. The molecule has 1 fully saturated rings. The standard InChI is InChI=1S/C21H22N2O2S/c1-14-2-7-18-19(12-14)26-21(23-18)16-3-5-17(6-4-16)22-20(24)13-15-8-10-25-11-9-15/h2-7,12,15H,8-11,13H2,1H3,(H,22,24). The molecule has 0 bridgehead atoms. The number of carbonyl (C=O) groups excluding carboxylic acids is 1. The highest BCUT2D eigenvalue weighted by Crippen LogP contribution is 2.31. The lowest BCUT2D eigenvalue weighted by molar-refractivity contribution is -0.117. The number of rotatable bonds is 4. The average molecular weight is 366 g/mol. The first-order valence-electron chi connectivity index (χ1n) is 9.02. The Hall–Kier alpha value is -2.24. The Kier molecular flexibility index (Phi) is 5.00. The van der Waals surface area contributed by atoms with E-state index in [0.717, 1.165) is 47.8 Å². The van der Waals surface area contributed by atoms with Crippen molar-refractivity contribution in [1.82, 2.24) is 4.98 Å². The Balaban J connectivity index is 1.43. The maximum atomic E-state index is 12.2. The molecule has 4 nitrogen and oxygen atoms in total. The van der Waals surface area contributed by atoms with Gasteiger partial charge in [0.1, 0.15) is 5.01 Å². The third kappa shape index (κ3) is 3.94. The summed E-state index contributed by atoms with van der Waals surface area (Å²) >= 11 is 1.70. The second kappa shape index (κ2) is 7.56. The first-order chi connectivity index (χ1) is 12.7. The van der Waals surface area contributed by atoms with Crippen LogP contribution in [0.4, 0.5) is 5.69 Å². The molecule has 1 amide bonds. The first kappa shape index (κ1) is 17.2. The molecule has 0 atom stereocenters. The molecule has 0 saturated carbocycles. The van der Waals surface area contributed by atoms with E-state index in [1.165, 1.54) is 10.3 Å². The van der Waals surface area contributed by atoms with Gasteiger partial charge in [-0.15, -0.1) is 11.3 Å². The number of nitrogens with zero attached hydrogens (tertiary/aromatic N) is 1. The minimum Gasteiger partial charge on any atom is -0.381 e. The van der Waals surface area contributed by atoms with E-state index in [2.05, 4.69) is 30.4 Å². The molecule has 2 aromatic carbocycles. The van der Waals surface area contributed by atoms with Crippen molar-refractivity contribution in [2.24, 2.45) is 5.92 Å². The summed E-state index contributed by atoms with van der Waals surface area (Å²) in [7, 11) is 0. The minimum absolute atomic E-state index is 0.0834. The van der Waals surface area contributed by atoms with E-state index in [1.54, 1.807) is 11.3 Å². The number of fused-ring (bicyclic) bond motifs is 1. The van der Waals surface area contributed by atoms with Crippen LogP contribution >= 0.6 is 11.3 Å². The molecule has 1 aliphatic rings. The van der Waals surface area contributed by atoms with E-state index in [1.807, 2.05) is 24.3 Å². The van der Waals surface area contributed by atoms with Gasteiger partial charge in [-0.05, 0) is 67.6 Å². The smallest absolute Gasteiger partial charge is 0.224 e. The van der Waals surface area contributed by atoms with Gasteiger partial charge in [0.25, 0.3) is 0 Å². The van der Waals surface area contributed by atoms with Gasteiger partial charge >= 0.3 is 0 Å². The molecular formula is C21H22N2O2S. The van der Waals surface area contributed by atoms with E-state index < -0.39 is 0 Å². The highest BCUT2D eigenvalue weighted by atomic mass is 32.1. The molecule has 5 heteroatoms. The van der Waals surface area contributed by atoms with Gasteiger partial charge in [-0.25, -0.2) is 4.98 Å². The summed E-state index contributed by atoms with van der Waals surface area (Å²) < 4.78 is 6.55. The Morgan fingerprint density at radius 3 is 2.73 bits per heavy atom. The Bertz CT molecular complexity index is 911. The number of hydrogen-bond acceptors (Lipinski definition) is 4. The quantitative estimate of drug-likeness (QED) is 0.705. The fourth-order valence-electron chi connectivity index (χ4n) is 3.28. The van der Waals surface area contributed by atoms with E-state index in [0.29, 0.717) is 12.3 Å². The second-order valence-electron chi connectivity index (χ2n) is 6.88. The van der Waals surface area contributed by atoms with Gasteiger partial charge in [-0.1, -0.05) is 6.07 Å². The zero-order valence-electron chi connectivity index (χ0n) is 14.8. The number of thiazole rings is 1. The molecule has 1 saturated heterocycles. The SMILES string of the molecule is Cc1ccc2nc(-c3ccc(NC(=O)CC4CCOCC4)cc3)sc2c1. The predicted molar refractivity (Wildman–Crippen MR) is 107 cm³/mol. The molecule has 26 heavy (non-hydrogen) atoms. The number of aromatic nitrogens is 1. The van der Waals surface area contributed by atoms with E-state index in [4.69, 9.17) is 9.72 Å². The van der Waals surface area contributed by atoms with Gasteiger partial charge in [-0.3, -0.25) is 4.79 Å². The highest BCUT2D eigenvalue weighted by Gasteiger charge is 2.17. The van der Waals surface area contributed by atoms with Crippen molar-refractivity contribution in [2.75, 3.05) is 18.5 Å². The number of anilines is 1. The molecule has 0 spiro atoms. The van der Waals surface area contributed by atoms with Crippen molar-refractivity contribution in [3.8, 4) is 10.6 Å². The van der Waals surface area contributed by atoms with Gasteiger partial charge < -0.3 is 10.1 Å². The van der Waals surface area contributed by atoms with Crippen LogP contribution in [0.5, 0.6) is 0 Å². The number of aryl methyl sites for hydroxylation is 1. The predicted octanol–water partition coefficient (Wildman–Crippen LogP) is 5.03. The minimum atomic E-state index is 0.0834. The van der Waals surface area contributed by atoms with Crippen LogP contribution < -0.4 is 5.32 Å². The van der Waals surface area contributed by atoms with Crippen LogP contribution in [0.3, 0.4) is 0 Å². The monoisotopic (exact) mass is 366 g/mol. The van der Waals surface area contributed by atoms with E-state index >= 15 is 0 Å². The largest absolute Gasteiger partial charge is 0.381 e. The highest BCUT2D eigenvalue weighted by molar-refractivity contribution is 7.21. The summed E-state index contributed by atoms with van der Waals surface area (Å²) in [5.74, 6) is 0.523. The van der Waals surface area contributed by atoms with Crippen LogP contribution in [0.25, 0.3) is 20.8 Å². The maximum absolute atomic E-state index is 12.2. The van der Waals surface area contributed by atoms with Gasteiger partial charge in [0.05, 0.1) is 10.2 Å². The molecule has 0 unspecified atom stereocenters. The average Bonchev–Trinajstić information content (AvgIpc) is 3.06. The summed E-state index contributed by atoms with van der Waals surface area (Å²) in [6.45, 7) is 3.64. The molecule has 134 valence electrons. The van der Waals surface area contributed by atoms with Gasteiger partial charge in [0, 0.05) is 30.9 Å². The van der Waals surface area contributed by atoms with Crippen LogP contribution in [0.2, 0.25) is 0 Å². The van der Waals surface area contributed by atoms with Crippen LogP contribution in [0, 0.1) is 12.8 Å². The number of nitrogens with one attached hydrogen (secondary N) is 1.